The fourth-order valence-corrected chi connectivity index (χ4v) is 1.70. The Hall–Kier alpha value is -0.990. The van der Waals surface area contributed by atoms with Crippen LogP contribution in [-0.4, -0.2) is 12.1 Å². The second-order valence-corrected chi connectivity index (χ2v) is 3.56. The number of hydrogen-bond donors (Lipinski definition) is 0. The highest BCUT2D eigenvalue weighted by molar-refractivity contribution is 6.36. The van der Waals surface area contributed by atoms with Crippen LogP contribution in [0.1, 0.15) is 0 Å². The van der Waals surface area contributed by atoms with E-state index in [4.69, 9.17) is 27.9 Å². The Bertz CT molecular complexity index is 485. The summed E-state index contributed by atoms with van der Waals surface area (Å²) in [5.41, 5.74) is 0.694. The largest absolute Gasteiger partial charge is 0.494 e. The van der Waals surface area contributed by atoms with E-state index >= 15 is 0 Å². The molecule has 0 aliphatic rings. The summed E-state index contributed by atoms with van der Waals surface area (Å²) < 4.78 is 5.06. The monoisotopic (exact) mass is 227 g/mol. The fraction of sp³-hybridized carbons (Fsp3) is 0.100. The predicted molar refractivity (Wildman–Crippen MR) is 58.3 cm³/mol. The number of benzene rings is 1. The maximum atomic E-state index is 5.96. The molecule has 0 atom stereocenters. The molecule has 4 heteroatoms. The molecule has 14 heavy (non-hydrogen) atoms. The van der Waals surface area contributed by atoms with Crippen molar-refractivity contribution in [2.75, 3.05) is 7.11 Å². The number of nitrogens with zero attached hydrogens (tertiary/aromatic N) is 1. The molecule has 2 nitrogen and oxygen atoms in total. The molecule has 0 amide bonds. The average molecular weight is 228 g/mol. The van der Waals surface area contributed by atoms with Crippen LogP contribution in [0.4, 0.5) is 0 Å². The highest BCUT2D eigenvalue weighted by atomic mass is 35.5. The van der Waals surface area contributed by atoms with Crippen LogP contribution >= 0.6 is 23.2 Å². The Morgan fingerprint density at radius 1 is 1.29 bits per heavy atom. The van der Waals surface area contributed by atoms with Crippen molar-refractivity contribution in [3.8, 4) is 5.75 Å². The highest BCUT2D eigenvalue weighted by Crippen LogP contribution is 2.29. The summed E-state index contributed by atoms with van der Waals surface area (Å²) in [4.78, 5) is 4.15. The zero-order chi connectivity index (χ0) is 10.1. The minimum atomic E-state index is 0.327. The Morgan fingerprint density at radius 3 is 2.79 bits per heavy atom. The lowest BCUT2D eigenvalue weighted by atomic mass is 10.2. The van der Waals surface area contributed by atoms with Gasteiger partial charge in [0.1, 0.15) is 0 Å². The molecular weight excluding hydrogens is 221 g/mol. The molecule has 0 bridgehead atoms. The second-order valence-electron chi connectivity index (χ2n) is 2.79. The van der Waals surface area contributed by atoms with E-state index in [1.165, 1.54) is 0 Å². The SMILES string of the molecule is COc1cc2cccc(Cl)c2nc1Cl. The van der Waals surface area contributed by atoms with Crippen LogP contribution in [0.5, 0.6) is 5.75 Å². The zero-order valence-electron chi connectivity index (χ0n) is 7.42. The lowest BCUT2D eigenvalue weighted by Gasteiger charge is -2.05. The van der Waals surface area contributed by atoms with Crippen molar-refractivity contribution in [2.24, 2.45) is 0 Å². The normalized spacial score (nSPS) is 10.5. The molecule has 1 aromatic heterocycles. The van der Waals surface area contributed by atoms with Crippen LogP contribution in [0.25, 0.3) is 10.9 Å². The second kappa shape index (κ2) is 3.64. The molecule has 2 aromatic rings. The van der Waals surface area contributed by atoms with Gasteiger partial charge in [0, 0.05) is 5.39 Å². The molecule has 1 heterocycles. The van der Waals surface area contributed by atoms with Gasteiger partial charge >= 0.3 is 0 Å². The number of fused-ring (bicyclic) bond motifs is 1. The third-order valence-electron chi connectivity index (χ3n) is 1.94. The summed E-state index contributed by atoms with van der Waals surface area (Å²) >= 11 is 11.8. The molecule has 0 radical (unpaired) electrons. The van der Waals surface area contributed by atoms with Crippen LogP contribution < -0.4 is 4.74 Å². The quantitative estimate of drug-likeness (QED) is 0.696. The first-order chi connectivity index (χ1) is 6.72. The molecular formula is C10H7Cl2NO. The number of pyridine rings is 1. The van der Waals surface area contributed by atoms with Crippen molar-refractivity contribution in [1.29, 1.82) is 0 Å². The first-order valence-corrected chi connectivity index (χ1v) is 4.76. The zero-order valence-corrected chi connectivity index (χ0v) is 8.93. The van der Waals surface area contributed by atoms with E-state index in [2.05, 4.69) is 4.98 Å². The average Bonchev–Trinajstić information content (AvgIpc) is 2.19. The molecule has 0 unspecified atom stereocenters. The summed E-state index contributed by atoms with van der Waals surface area (Å²) in [6, 6.07) is 7.36. The molecule has 2 rings (SSSR count). The maximum Gasteiger partial charge on any atom is 0.171 e. The van der Waals surface area contributed by atoms with E-state index in [1.54, 1.807) is 13.2 Å². The summed E-state index contributed by atoms with van der Waals surface area (Å²) in [6.07, 6.45) is 0. The van der Waals surface area contributed by atoms with Crippen molar-refractivity contribution in [1.82, 2.24) is 4.98 Å². The number of hydrogen-bond acceptors (Lipinski definition) is 2. The highest BCUT2D eigenvalue weighted by Gasteiger charge is 2.06. The molecule has 0 aliphatic heterocycles. The molecule has 0 N–H and O–H groups in total. The van der Waals surface area contributed by atoms with Crippen molar-refractivity contribution in [3.05, 3.63) is 34.4 Å². The van der Waals surface area contributed by atoms with E-state index in [0.29, 0.717) is 21.4 Å². The summed E-state index contributed by atoms with van der Waals surface area (Å²) in [5.74, 6) is 0.557. The topological polar surface area (TPSA) is 22.1 Å². The van der Waals surface area contributed by atoms with Crippen molar-refractivity contribution < 1.29 is 4.74 Å². The minimum absolute atomic E-state index is 0.327. The Balaban J connectivity index is 2.79. The van der Waals surface area contributed by atoms with Gasteiger partial charge in [-0.3, -0.25) is 0 Å². The van der Waals surface area contributed by atoms with Crippen molar-refractivity contribution >= 4 is 34.1 Å². The number of rotatable bonds is 1. The summed E-state index contributed by atoms with van der Waals surface area (Å²) in [5, 5.41) is 1.83. The molecule has 1 aromatic carbocycles. The van der Waals surface area contributed by atoms with Crippen LogP contribution in [-0.2, 0) is 0 Å². The third-order valence-corrected chi connectivity index (χ3v) is 2.51. The van der Waals surface area contributed by atoms with Gasteiger partial charge in [-0.05, 0) is 12.1 Å². The van der Waals surface area contributed by atoms with Gasteiger partial charge in [0.05, 0.1) is 17.6 Å². The molecule has 0 spiro atoms. The lowest BCUT2D eigenvalue weighted by molar-refractivity contribution is 0.414. The van der Waals surface area contributed by atoms with E-state index < -0.39 is 0 Å². The van der Waals surface area contributed by atoms with Gasteiger partial charge in [-0.25, -0.2) is 4.98 Å². The first kappa shape index (κ1) is 9.56. The van der Waals surface area contributed by atoms with Gasteiger partial charge in [0.15, 0.2) is 10.9 Å². The van der Waals surface area contributed by atoms with Gasteiger partial charge in [-0.15, -0.1) is 0 Å². The first-order valence-electron chi connectivity index (χ1n) is 4.01. The Kier molecular flexibility index (Phi) is 2.48. The standard InChI is InChI=1S/C10H7Cl2NO/c1-14-8-5-6-3-2-4-7(11)9(6)13-10(8)12/h2-5H,1H3. The number of methoxy groups -OCH3 is 1. The number of aromatic nitrogens is 1. The van der Waals surface area contributed by atoms with Gasteiger partial charge < -0.3 is 4.74 Å². The molecule has 0 fully saturated rings. The van der Waals surface area contributed by atoms with Gasteiger partial charge in [0.2, 0.25) is 0 Å². The van der Waals surface area contributed by atoms with E-state index in [0.717, 1.165) is 5.39 Å². The number of para-hydroxylation sites is 1. The van der Waals surface area contributed by atoms with Crippen LogP contribution in [0.15, 0.2) is 24.3 Å². The fourth-order valence-electron chi connectivity index (χ4n) is 1.26. The summed E-state index contributed by atoms with van der Waals surface area (Å²) in [7, 11) is 1.55. The van der Waals surface area contributed by atoms with Crippen LogP contribution in [0.2, 0.25) is 10.2 Å². The molecule has 72 valence electrons. The van der Waals surface area contributed by atoms with E-state index in [-0.39, 0.29) is 0 Å². The molecule has 0 saturated carbocycles. The predicted octanol–water partition coefficient (Wildman–Crippen LogP) is 3.55. The molecule has 0 saturated heterocycles. The summed E-state index contributed by atoms with van der Waals surface area (Å²) in [6.45, 7) is 0. The van der Waals surface area contributed by atoms with Gasteiger partial charge in [-0.1, -0.05) is 35.3 Å². The van der Waals surface area contributed by atoms with E-state index in [9.17, 15) is 0 Å². The van der Waals surface area contributed by atoms with Crippen LogP contribution in [0, 0.1) is 0 Å². The van der Waals surface area contributed by atoms with Gasteiger partial charge in [0.25, 0.3) is 0 Å². The number of ether oxygens (including phenoxy) is 1. The van der Waals surface area contributed by atoms with E-state index in [1.807, 2.05) is 18.2 Å². The Morgan fingerprint density at radius 2 is 2.07 bits per heavy atom. The van der Waals surface area contributed by atoms with Crippen LogP contribution in [0.3, 0.4) is 0 Å². The van der Waals surface area contributed by atoms with Crippen molar-refractivity contribution in [2.45, 2.75) is 0 Å². The third kappa shape index (κ3) is 1.51. The lowest BCUT2D eigenvalue weighted by Crippen LogP contribution is -1.88. The Labute approximate surface area is 91.4 Å². The smallest absolute Gasteiger partial charge is 0.171 e. The van der Waals surface area contributed by atoms with Gasteiger partial charge in [-0.2, -0.15) is 0 Å². The number of halogens is 2. The minimum Gasteiger partial charge on any atom is -0.494 e. The maximum absolute atomic E-state index is 5.96. The molecule has 0 aliphatic carbocycles. The van der Waals surface area contributed by atoms with Crippen molar-refractivity contribution in [3.63, 3.8) is 0 Å².